The second kappa shape index (κ2) is 4.80. The molecule has 2 heterocycles. The van der Waals surface area contributed by atoms with Gasteiger partial charge in [-0.1, -0.05) is 13.0 Å². The van der Waals surface area contributed by atoms with Gasteiger partial charge in [0, 0.05) is 11.5 Å². The first-order valence-corrected chi connectivity index (χ1v) is 8.13. The van der Waals surface area contributed by atoms with E-state index in [2.05, 4.69) is 16.8 Å². The molecule has 0 radical (unpaired) electrons. The topological polar surface area (TPSA) is 29.9 Å². The molecule has 2 aromatic rings. The van der Waals surface area contributed by atoms with E-state index >= 15 is 0 Å². The van der Waals surface area contributed by atoms with Crippen LogP contribution in [0.2, 0.25) is 0 Å². The fourth-order valence-corrected chi connectivity index (χ4v) is 3.80. The first kappa shape index (κ1) is 13.3. The van der Waals surface area contributed by atoms with Crippen LogP contribution in [0.15, 0.2) is 18.2 Å². The van der Waals surface area contributed by atoms with Crippen LogP contribution in [0.4, 0.5) is 4.39 Å². The third kappa shape index (κ3) is 2.00. The van der Waals surface area contributed by atoms with E-state index in [1.807, 2.05) is 12.1 Å². The molecule has 0 bridgehead atoms. The second-order valence-electron chi connectivity index (χ2n) is 6.53. The Kier molecular flexibility index (Phi) is 3.03. The van der Waals surface area contributed by atoms with Gasteiger partial charge < -0.3 is 9.88 Å². The molecule has 1 N–H and O–H groups in total. The van der Waals surface area contributed by atoms with Crippen LogP contribution in [-0.2, 0) is 5.41 Å². The maximum Gasteiger partial charge on any atom is 0.151 e. The molecular formula is C17H22FN3. The molecule has 4 rings (SSSR count). The van der Waals surface area contributed by atoms with Gasteiger partial charge in [-0.25, -0.2) is 9.37 Å². The second-order valence-corrected chi connectivity index (χ2v) is 6.53. The molecule has 21 heavy (non-hydrogen) atoms. The number of rotatable bonds is 3. The van der Waals surface area contributed by atoms with Crippen LogP contribution in [0.1, 0.15) is 50.9 Å². The summed E-state index contributed by atoms with van der Waals surface area (Å²) in [7, 11) is 0. The Balaban J connectivity index is 1.94. The number of nitrogens with one attached hydrogen (secondary N) is 1. The van der Waals surface area contributed by atoms with E-state index in [9.17, 15) is 4.39 Å². The Morgan fingerprint density at radius 1 is 1.33 bits per heavy atom. The predicted molar refractivity (Wildman–Crippen MR) is 82.0 cm³/mol. The van der Waals surface area contributed by atoms with Crippen LogP contribution in [0, 0.1) is 5.82 Å². The molecule has 1 aliphatic heterocycles. The van der Waals surface area contributed by atoms with Crippen LogP contribution < -0.4 is 5.32 Å². The fourth-order valence-electron chi connectivity index (χ4n) is 3.80. The summed E-state index contributed by atoms with van der Waals surface area (Å²) < 4.78 is 16.5. The van der Waals surface area contributed by atoms with Crippen molar-refractivity contribution in [2.75, 3.05) is 13.1 Å². The van der Waals surface area contributed by atoms with Gasteiger partial charge in [-0.15, -0.1) is 0 Å². The van der Waals surface area contributed by atoms with E-state index in [0.717, 1.165) is 43.7 Å². The lowest BCUT2D eigenvalue weighted by atomic mass is 9.76. The molecule has 112 valence electrons. The van der Waals surface area contributed by atoms with Crippen molar-refractivity contribution < 1.29 is 4.39 Å². The summed E-state index contributed by atoms with van der Waals surface area (Å²) >= 11 is 0. The highest BCUT2D eigenvalue weighted by atomic mass is 19.1. The van der Waals surface area contributed by atoms with Crippen LogP contribution in [0.3, 0.4) is 0 Å². The van der Waals surface area contributed by atoms with Gasteiger partial charge >= 0.3 is 0 Å². The van der Waals surface area contributed by atoms with Gasteiger partial charge in [0.05, 0.1) is 5.52 Å². The van der Waals surface area contributed by atoms with E-state index in [1.54, 1.807) is 0 Å². The van der Waals surface area contributed by atoms with E-state index < -0.39 is 0 Å². The molecule has 2 fully saturated rings. The van der Waals surface area contributed by atoms with Gasteiger partial charge in [0.15, 0.2) is 5.82 Å². The van der Waals surface area contributed by atoms with Crippen molar-refractivity contribution in [1.82, 2.24) is 14.9 Å². The Bertz CT molecular complexity index is 666. The Morgan fingerprint density at radius 2 is 2.10 bits per heavy atom. The average molecular weight is 287 g/mol. The zero-order valence-corrected chi connectivity index (χ0v) is 12.5. The normalized spacial score (nSPS) is 21.8. The molecule has 3 nitrogen and oxygen atoms in total. The molecule has 0 amide bonds. The Labute approximate surface area is 124 Å². The number of fused-ring (bicyclic) bond motifs is 1. The zero-order chi connectivity index (χ0) is 14.4. The molecule has 1 saturated heterocycles. The number of halogens is 1. The smallest absolute Gasteiger partial charge is 0.151 e. The van der Waals surface area contributed by atoms with E-state index in [4.69, 9.17) is 4.98 Å². The largest absolute Gasteiger partial charge is 0.324 e. The molecule has 4 heteroatoms. The molecule has 0 atom stereocenters. The number of aromatic nitrogens is 2. The van der Waals surface area contributed by atoms with Crippen LogP contribution in [0.5, 0.6) is 0 Å². The summed E-state index contributed by atoms with van der Waals surface area (Å²) in [6.07, 6.45) is 5.68. The standard InChI is InChI=1S/C17H22FN3/c1-2-17(8-10-19-11-9-17)16-20-15-13(18)4-3-5-14(15)21(16)12-6-7-12/h3-5,12,19H,2,6-11H2,1H3. The third-order valence-corrected chi connectivity index (χ3v) is 5.29. The number of imidazole rings is 1. The molecule has 0 spiro atoms. The number of benzene rings is 1. The highest BCUT2D eigenvalue weighted by Crippen LogP contribution is 2.45. The lowest BCUT2D eigenvalue weighted by Crippen LogP contribution is -2.41. The van der Waals surface area contributed by atoms with E-state index in [-0.39, 0.29) is 11.2 Å². The van der Waals surface area contributed by atoms with Crippen molar-refractivity contribution in [3.63, 3.8) is 0 Å². The lowest BCUT2D eigenvalue weighted by Gasteiger charge is -2.36. The molecule has 1 aliphatic carbocycles. The van der Waals surface area contributed by atoms with Crippen molar-refractivity contribution in [2.45, 2.75) is 50.5 Å². The van der Waals surface area contributed by atoms with Crippen molar-refractivity contribution in [1.29, 1.82) is 0 Å². The fraction of sp³-hybridized carbons (Fsp3) is 0.588. The molecule has 1 aromatic carbocycles. The molecule has 1 aromatic heterocycles. The monoisotopic (exact) mass is 287 g/mol. The SMILES string of the molecule is CCC1(c2nc3c(F)cccc3n2C2CC2)CCNCC1. The maximum atomic E-state index is 14.2. The average Bonchev–Trinajstić information content (AvgIpc) is 3.28. The summed E-state index contributed by atoms with van der Waals surface area (Å²) in [5.74, 6) is 0.947. The minimum atomic E-state index is -0.187. The van der Waals surface area contributed by atoms with Crippen molar-refractivity contribution in [3.05, 3.63) is 29.8 Å². The highest BCUT2D eigenvalue weighted by molar-refractivity contribution is 5.77. The van der Waals surface area contributed by atoms with Gasteiger partial charge in [-0.3, -0.25) is 0 Å². The first-order chi connectivity index (χ1) is 10.2. The Morgan fingerprint density at radius 3 is 2.76 bits per heavy atom. The van der Waals surface area contributed by atoms with Crippen molar-refractivity contribution in [2.24, 2.45) is 0 Å². The van der Waals surface area contributed by atoms with Gasteiger partial charge in [0.1, 0.15) is 11.3 Å². The van der Waals surface area contributed by atoms with Gasteiger partial charge in [-0.05, 0) is 57.3 Å². The summed E-state index contributed by atoms with van der Waals surface area (Å²) in [4.78, 5) is 4.80. The van der Waals surface area contributed by atoms with Gasteiger partial charge in [0.25, 0.3) is 0 Å². The lowest BCUT2D eigenvalue weighted by molar-refractivity contribution is 0.274. The Hall–Kier alpha value is -1.42. The number of piperidine rings is 1. The minimum absolute atomic E-state index is 0.110. The maximum absolute atomic E-state index is 14.2. The van der Waals surface area contributed by atoms with Crippen LogP contribution >= 0.6 is 0 Å². The van der Waals surface area contributed by atoms with Crippen LogP contribution in [-0.4, -0.2) is 22.6 Å². The van der Waals surface area contributed by atoms with Crippen molar-refractivity contribution in [3.8, 4) is 0 Å². The zero-order valence-electron chi connectivity index (χ0n) is 12.5. The predicted octanol–water partition coefficient (Wildman–Crippen LogP) is 3.54. The molecular weight excluding hydrogens is 265 g/mol. The van der Waals surface area contributed by atoms with Gasteiger partial charge in [0.2, 0.25) is 0 Å². The third-order valence-electron chi connectivity index (χ3n) is 5.29. The number of nitrogens with zero attached hydrogens (tertiary/aromatic N) is 2. The summed E-state index contributed by atoms with van der Waals surface area (Å²) in [6, 6.07) is 5.89. The quantitative estimate of drug-likeness (QED) is 0.935. The number of hydrogen-bond donors (Lipinski definition) is 1. The van der Waals surface area contributed by atoms with Crippen molar-refractivity contribution >= 4 is 11.0 Å². The molecule has 2 aliphatic rings. The molecule has 0 unspecified atom stereocenters. The first-order valence-electron chi connectivity index (χ1n) is 8.13. The minimum Gasteiger partial charge on any atom is -0.324 e. The van der Waals surface area contributed by atoms with E-state index in [0.29, 0.717) is 11.6 Å². The summed E-state index contributed by atoms with van der Waals surface area (Å²) in [6.45, 7) is 4.31. The summed E-state index contributed by atoms with van der Waals surface area (Å²) in [5.41, 5.74) is 1.66. The van der Waals surface area contributed by atoms with Gasteiger partial charge in [-0.2, -0.15) is 0 Å². The molecule has 1 saturated carbocycles. The highest BCUT2D eigenvalue weighted by Gasteiger charge is 2.40. The van der Waals surface area contributed by atoms with Crippen LogP contribution in [0.25, 0.3) is 11.0 Å². The van der Waals surface area contributed by atoms with E-state index in [1.165, 1.54) is 18.9 Å². The summed E-state index contributed by atoms with van der Waals surface area (Å²) in [5, 5.41) is 3.44. The number of hydrogen-bond acceptors (Lipinski definition) is 2. The number of para-hydroxylation sites is 1.